The predicted octanol–water partition coefficient (Wildman–Crippen LogP) is 2.70. The van der Waals surface area contributed by atoms with Crippen LogP contribution in [0.5, 0.6) is 0 Å². The van der Waals surface area contributed by atoms with Crippen LogP contribution in [0.3, 0.4) is 0 Å². The molecule has 2 rings (SSSR count). The molecule has 1 aliphatic rings. The standard InChI is InChI=1S/C18H28N2O2.ClH/c1-18(2,3)14-9-7-13(8-10-14)16(21)12-20-17(22)15-6-4-5-11-19-15;/h7-10,15-16,19,21H,4-6,11-12H2,1-3H3,(H,20,22);1H/t15-,16?;/m1./s1. The maximum Gasteiger partial charge on any atom is 0.237 e. The number of piperidine rings is 1. The van der Waals surface area contributed by atoms with Crippen LogP contribution in [0.4, 0.5) is 0 Å². The third kappa shape index (κ3) is 5.79. The van der Waals surface area contributed by atoms with Gasteiger partial charge in [-0.05, 0) is 35.9 Å². The van der Waals surface area contributed by atoms with Crippen molar-refractivity contribution >= 4 is 18.3 Å². The zero-order valence-corrected chi connectivity index (χ0v) is 15.1. The van der Waals surface area contributed by atoms with Gasteiger partial charge < -0.3 is 15.7 Å². The van der Waals surface area contributed by atoms with Gasteiger partial charge in [0, 0.05) is 6.54 Å². The Bertz CT molecular complexity index is 491. The van der Waals surface area contributed by atoms with E-state index in [1.165, 1.54) is 5.56 Å². The molecule has 0 saturated carbocycles. The highest BCUT2D eigenvalue weighted by atomic mass is 35.5. The van der Waals surface area contributed by atoms with Gasteiger partial charge in [0.2, 0.25) is 5.91 Å². The summed E-state index contributed by atoms with van der Waals surface area (Å²) in [6, 6.07) is 7.86. The number of aliphatic hydroxyl groups is 1. The zero-order chi connectivity index (χ0) is 16.2. The summed E-state index contributed by atoms with van der Waals surface area (Å²) in [7, 11) is 0. The second kappa shape index (κ2) is 8.67. The minimum absolute atomic E-state index is 0. The van der Waals surface area contributed by atoms with Crippen LogP contribution >= 0.6 is 12.4 Å². The van der Waals surface area contributed by atoms with Crippen molar-refractivity contribution in [3.8, 4) is 0 Å². The van der Waals surface area contributed by atoms with E-state index in [-0.39, 0.29) is 36.3 Å². The Balaban J connectivity index is 0.00000264. The van der Waals surface area contributed by atoms with E-state index < -0.39 is 6.10 Å². The lowest BCUT2D eigenvalue weighted by Gasteiger charge is -2.23. The number of nitrogens with one attached hydrogen (secondary N) is 2. The lowest BCUT2D eigenvalue weighted by molar-refractivity contribution is -0.124. The van der Waals surface area contributed by atoms with Crippen molar-refractivity contribution in [3.05, 3.63) is 35.4 Å². The number of benzene rings is 1. The molecule has 0 radical (unpaired) electrons. The molecule has 1 fully saturated rings. The monoisotopic (exact) mass is 340 g/mol. The van der Waals surface area contributed by atoms with Gasteiger partial charge in [-0.3, -0.25) is 4.79 Å². The maximum atomic E-state index is 12.0. The van der Waals surface area contributed by atoms with Crippen LogP contribution in [0.15, 0.2) is 24.3 Å². The van der Waals surface area contributed by atoms with E-state index in [9.17, 15) is 9.90 Å². The molecule has 1 aliphatic heterocycles. The molecule has 3 N–H and O–H groups in total. The summed E-state index contributed by atoms with van der Waals surface area (Å²) >= 11 is 0. The summed E-state index contributed by atoms with van der Waals surface area (Å²) in [5, 5.41) is 16.3. The number of hydrogen-bond acceptors (Lipinski definition) is 3. The topological polar surface area (TPSA) is 61.4 Å². The van der Waals surface area contributed by atoms with Crippen molar-refractivity contribution in [2.75, 3.05) is 13.1 Å². The molecule has 0 aliphatic carbocycles. The molecule has 1 amide bonds. The number of aliphatic hydroxyl groups excluding tert-OH is 1. The van der Waals surface area contributed by atoms with Crippen molar-refractivity contribution < 1.29 is 9.90 Å². The Morgan fingerprint density at radius 3 is 2.48 bits per heavy atom. The van der Waals surface area contributed by atoms with E-state index in [0.717, 1.165) is 31.4 Å². The summed E-state index contributed by atoms with van der Waals surface area (Å²) in [5.41, 5.74) is 2.17. The Labute approximate surface area is 145 Å². The van der Waals surface area contributed by atoms with Crippen LogP contribution in [0.2, 0.25) is 0 Å². The van der Waals surface area contributed by atoms with Crippen molar-refractivity contribution in [3.63, 3.8) is 0 Å². The van der Waals surface area contributed by atoms with Crippen LogP contribution in [0, 0.1) is 0 Å². The first kappa shape index (κ1) is 19.9. The second-order valence-electron chi connectivity index (χ2n) is 7.14. The predicted molar refractivity (Wildman–Crippen MR) is 96.0 cm³/mol. The van der Waals surface area contributed by atoms with Crippen molar-refractivity contribution in [1.29, 1.82) is 0 Å². The Morgan fingerprint density at radius 2 is 1.96 bits per heavy atom. The molecule has 1 aromatic rings. The van der Waals surface area contributed by atoms with Gasteiger partial charge in [-0.1, -0.05) is 51.5 Å². The summed E-state index contributed by atoms with van der Waals surface area (Å²) in [5.74, 6) is -0.00920. The highest BCUT2D eigenvalue weighted by molar-refractivity contribution is 5.85. The molecule has 1 saturated heterocycles. The van der Waals surface area contributed by atoms with Crippen LogP contribution in [0.25, 0.3) is 0 Å². The second-order valence-corrected chi connectivity index (χ2v) is 7.14. The van der Waals surface area contributed by atoms with Crippen molar-refractivity contribution in [2.24, 2.45) is 0 Å². The van der Waals surface area contributed by atoms with Crippen LogP contribution in [0.1, 0.15) is 57.3 Å². The average Bonchev–Trinajstić information content (AvgIpc) is 2.52. The van der Waals surface area contributed by atoms with E-state index in [1.54, 1.807) is 0 Å². The minimum atomic E-state index is -0.665. The minimum Gasteiger partial charge on any atom is -0.387 e. The first-order valence-corrected chi connectivity index (χ1v) is 8.17. The molecule has 23 heavy (non-hydrogen) atoms. The number of amides is 1. The quantitative estimate of drug-likeness (QED) is 0.789. The molecule has 2 atom stereocenters. The number of rotatable bonds is 4. The van der Waals surface area contributed by atoms with Gasteiger partial charge in [-0.2, -0.15) is 0 Å². The van der Waals surface area contributed by atoms with Gasteiger partial charge in [0.1, 0.15) is 0 Å². The van der Waals surface area contributed by atoms with Gasteiger partial charge in [0.25, 0.3) is 0 Å². The molecule has 0 spiro atoms. The Morgan fingerprint density at radius 1 is 1.30 bits per heavy atom. The molecule has 1 aromatic carbocycles. The van der Waals surface area contributed by atoms with Crippen molar-refractivity contribution in [2.45, 2.75) is 57.6 Å². The lowest BCUT2D eigenvalue weighted by Crippen LogP contribution is -2.47. The Kier molecular flexibility index (Phi) is 7.52. The molecule has 1 heterocycles. The molecular formula is C18H29ClN2O2. The van der Waals surface area contributed by atoms with E-state index >= 15 is 0 Å². The number of carbonyl (C=O) groups is 1. The molecule has 0 bridgehead atoms. The summed E-state index contributed by atoms with van der Waals surface area (Å²) < 4.78 is 0. The van der Waals surface area contributed by atoms with Gasteiger partial charge in [0.05, 0.1) is 12.1 Å². The van der Waals surface area contributed by atoms with Crippen LogP contribution in [-0.2, 0) is 10.2 Å². The van der Waals surface area contributed by atoms with Crippen LogP contribution < -0.4 is 10.6 Å². The third-order valence-electron chi connectivity index (χ3n) is 4.26. The molecule has 1 unspecified atom stereocenters. The lowest BCUT2D eigenvalue weighted by atomic mass is 9.86. The van der Waals surface area contributed by atoms with E-state index in [2.05, 4.69) is 31.4 Å². The first-order chi connectivity index (χ1) is 10.4. The fourth-order valence-corrected chi connectivity index (χ4v) is 2.72. The van der Waals surface area contributed by atoms with Crippen LogP contribution in [-0.4, -0.2) is 30.1 Å². The number of halogens is 1. The SMILES string of the molecule is CC(C)(C)c1ccc(C(O)CNC(=O)[C@H]2CCCCN2)cc1.Cl. The summed E-state index contributed by atoms with van der Waals surface area (Å²) in [6.07, 6.45) is 2.43. The van der Waals surface area contributed by atoms with Gasteiger partial charge in [0.15, 0.2) is 0 Å². The summed E-state index contributed by atoms with van der Waals surface area (Å²) in [4.78, 5) is 12.0. The smallest absolute Gasteiger partial charge is 0.237 e. The van der Waals surface area contributed by atoms with E-state index in [4.69, 9.17) is 0 Å². The fraction of sp³-hybridized carbons (Fsp3) is 0.611. The van der Waals surface area contributed by atoms with E-state index in [1.807, 2.05) is 24.3 Å². The molecular weight excluding hydrogens is 312 g/mol. The first-order valence-electron chi connectivity index (χ1n) is 8.17. The molecule has 130 valence electrons. The van der Waals surface area contributed by atoms with Gasteiger partial charge in [-0.25, -0.2) is 0 Å². The number of hydrogen-bond donors (Lipinski definition) is 3. The highest BCUT2D eigenvalue weighted by Gasteiger charge is 2.21. The number of carbonyl (C=O) groups excluding carboxylic acids is 1. The molecule has 5 heteroatoms. The molecule has 0 aromatic heterocycles. The van der Waals surface area contributed by atoms with E-state index in [0.29, 0.717) is 0 Å². The normalized spacial score (nSPS) is 19.6. The highest BCUT2D eigenvalue weighted by Crippen LogP contribution is 2.23. The largest absolute Gasteiger partial charge is 0.387 e. The maximum absolute atomic E-state index is 12.0. The third-order valence-corrected chi connectivity index (χ3v) is 4.26. The Hall–Kier alpha value is -1.10. The van der Waals surface area contributed by atoms with Gasteiger partial charge >= 0.3 is 0 Å². The average molecular weight is 341 g/mol. The zero-order valence-electron chi connectivity index (χ0n) is 14.3. The van der Waals surface area contributed by atoms with Gasteiger partial charge in [-0.15, -0.1) is 12.4 Å². The van der Waals surface area contributed by atoms with Crippen molar-refractivity contribution in [1.82, 2.24) is 10.6 Å². The summed E-state index contributed by atoms with van der Waals surface area (Å²) in [6.45, 7) is 7.64. The fourth-order valence-electron chi connectivity index (χ4n) is 2.72. The molecule has 4 nitrogen and oxygen atoms in total.